The number of pyridine rings is 1. The Morgan fingerprint density at radius 2 is 1.93 bits per heavy atom. The predicted molar refractivity (Wildman–Crippen MR) is 114 cm³/mol. The Balaban J connectivity index is 1.19. The van der Waals surface area contributed by atoms with Gasteiger partial charge in [0.25, 0.3) is 11.5 Å². The van der Waals surface area contributed by atoms with Crippen molar-refractivity contribution in [3.63, 3.8) is 0 Å². The third-order valence-corrected chi connectivity index (χ3v) is 7.45. The molecule has 0 atom stereocenters. The summed E-state index contributed by atoms with van der Waals surface area (Å²) in [5.41, 5.74) is 0.746. The molecule has 4 aliphatic carbocycles. The zero-order chi connectivity index (χ0) is 20.7. The molecule has 4 saturated carbocycles. The lowest BCUT2D eigenvalue weighted by Gasteiger charge is -2.54. The highest BCUT2D eigenvalue weighted by atomic mass is 16.2. The normalized spacial score (nSPS) is 29.5. The molecule has 4 fully saturated rings. The van der Waals surface area contributed by atoms with Gasteiger partial charge in [0.1, 0.15) is 5.56 Å². The zero-order valence-corrected chi connectivity index (χ0v) is 17.6. The van der Waals surface area contributed by atoms with E-state index >= 15 is 0 Å². The van der Waals surface area contributed by atoms with E-state index in [1.54, 1.807) is 12.3 Å². The topological polar surface area (TPSA) is 83.0 Å². The van der Waals surface area contributed by atoms with E-state index in [9.17, 15) is 9.59 Å². The molecule has 160 valence electrons. The van der Waals surface area contributed by atoms with Gasteiger partial charge in [-0.25, -0.2) is 0 Å². The second-order valence-corrected chi connectivity index (χ2v) is 9.66. The minimum Gasteiger partial charge on any atom is -0.349 e. The molecule has 2 N–H and O–H groups in total. The molecular formula is C23H31N5O2. The molecule has 4 bridgehead atoms. The standard InChI is InChI=1S/C23H31N5O2/c1-27(7-8-28-6-2-5-24-28)14-19-3-4-20(22(29)25-19)23(30)26-21-17-10-15-9-16(12-17)13-18(21)11-15/h2-6,15-18,21H,7-14H2,1H3,(H,25,29)(H,26,30). The number of likely N-dealkylation sites (N-methyl/N-ethyl adjacent to an activating group) is 1. The van der Waals surface area contributed by atoms with E-state index in [-0.39, 0.29) is 23.1 Å². The number of carbonyl (C=O) groups is 1. The summed E-state index contributed by atoms with van der Waals surface area (Å²) in [7, 11) is 2.01. The van der Waals surface area contributed by atoms with E-state index in [2.05, 4.69) is 20.3 Å². The van der Waals surface area contributed by atoms with E-state index < -0.39 is 0 Å². The van der Waals surface area contributed by atoms with Crippen LogP contribution in [0.1, 0.15) is 48.2 Å². The molecule has 1 amide bonds. The van der Waals surface area contributed by atoms with Gasteiger partial charge in [0.2, 0.25) is 0 Å². The Kier molecular flexibility index (Phi) is 5.23. The van der Waals surface area contributed by atoms with Gasteiger partial charge in [-0.1, -0.05) is 0 Å². The minimum atomic E-state index is -0.297. The van der Waals surface area contributed by atoms with E-state index in [0.717, 1.165) is 30.6 Å². The fraction of sp³-hybridized carbons (Fsp3) is 0.609. The highest BCUT2D eigenvalue weighted by Gasteiger charge is 2.48. The maximum Gasteiger partial charge on any atom is 0.261 e. The lowest BCUT2D eigenvalue weighted by molar-refractivity contribution is -0.0119. The summed E-state index contributed by atoms with van der Waals surface area (Å²) in [6, 6.07) is 5.70. The average molecular weight is 410 g/mol. The Labute approximate surface area is 176 Å². The van der Waals surface area contributed by atoms with Crippen molar-refractivity contribution in [2.75, 3.05) is 13.6 Å². The summed E-state index contributed by atoms with van der Waals surface area (Å²) in [4.78, 5) is 30.5. The molecule has 6 rings (SSSR count). The largest absolute Gasteiger partial charge is 0.349 e. The quantitative estimate of drug-likeness (QED) is 0.735. The fourth-order valence-electron chi connectivity index (χ4n) is 6.25. The number of aromatic nitrogens is 3. The maximum atomic E-state index is 12.9. The van der Waals surface area contributed by atoms with Crippen molar-refractivity contribution in [1.29, 1.82) is 0 Å². The molecule has 0 unspecified atom stereocenters. The number of amides is 1. The number of hydrogen-bond donors (Lipinski definition) is 2. The predicted octanol–water partition coefficient (Wildman–Crippen LogP) is 2.26. The molecule has 2 aromatic rings. The van der Waals surface area contributed by atoms with Gasteiger partial charge < -0.3 is 10.3 Å². The first-order valence-electron chi connectivity index (χ1n) is 11.2. The van der Waals surface area contributed by atoms with Crippen LogP contribution < -0.4 is 10.9 Å². The summed E-state index contributed by atoms with van der Waals surface area (Å²) >= 11 is 0. The van der Waals surface area contributed by atoms with Crippen LogP contribution in [0.4, 0.5) is 0 Å². The van der Waals surface area contributed by atoms with Gasteiger partial charge in [0.15, 0.2) is 0 Å². The van der Waals surface area contributed by atoms with E-state index in [4.69, 9.17) is 0 Å². The van der Waals surface area contributed by atoms with Crippen LogP contribution in [0.25, 0.3) is 0 Å². The number of rotatable bonds is 7. The molecule has 0 aliphatic heterocycles. The van der Waals surface area contributed by atoms with Gasteiger partial charge in [0, 0.05) is 37.2 Å². The summed E-state index contributed by atoms with van der Waals surface area (Å²) in [5.74, 6) is 2.73. The molecule has 0 radical (unpaired) electrons. The second-order valence-electron chi connectivity index (χ2n) is 9.66. The first-order chi connectivity index (χ1) is 14.5. The molecular weight excluding hydrogens is 378 g/mol. The van der Waals surface area contributed by atoms with Crippen molar-refractivity contribution in [3.05, 3.63) is 52.2 Å². The Morgan fingerprint density at radius 3 is 2.57 bits per heavy atom. The van der Waals surface area contributed by atoms with Gasteiger partial charge in [-0.05, 0) is 81.0 Å². The first-order valence-corrected chi connectivity index (χ1v) is 11.2. The van der Waals surface area contributed by atoms with E-state index in [1.165, 1.54) is 32.1 Å². The van der Waals surface area contributed by atoms with E-state index in [1.807, 2.05) is 30.1 Å². The van der Waals surface area contributed by atoms with Crippen molar-refractivity contribution in [2.45, 2.75) is 51.2 Å². The van der Waals surface area contributed by atoms with Crippen LogP contribution in [-0.2, 0) is 13.1 Å². The van der Waals surface area contributed by atoms with Crippen LogP contribution in [-0.4, -0.2) is 45.2 Å². The van der Waals surface area contributed by atoms with Gasteiger partial charge in [-0.15, -0.1) is 0 Å². The molecule has 0 saturated heterocycles. The van der Waals surface area contributed by atoms with Crippen LogP contribution in [0.5, 0.6) is 0 Å². The maximum absolute atomic E-state index is 12.9. The summed E-state index contributed by atoms with van der Waals surface area (Å²) in [6.07, 6.45) is 10.1. The number of nitrogens with one attached hydrogen (secondary N) is 2. The van der Waals surface area contributed by atoms with Gasteiger partial charge in [-0.3, -0.25) is 19.2 Å². The molecule has 2 heterocycles. The van der Waals surface area contributed by atoms with Crippen molar-refractivity contribution >= 4 is 5.91 Å². The molecule has 0 aromatic carbocycles. The fourth-order valence-corrected chi connectivity index (χ4v) is 6.25. The Hall–Kier alpha value is -2.41. The van der Waals surface area contributed by atoms with Crippen molar-refractivity contribution in [2.24, 2.45) is 23.7 Å². The summed E-state index contributed by atoms with van der Waals surface area (Å²) < 4.78 is 1.89. The molecule has 7 nitrogen and oxygen atoms in total. The van der Waals surface area contributed by atoms with Crippen LogP contribution in [0, 0.1) is 23.7 Å². The highest BCUT2D eigenvalue weighted by molar-refractivity contribution is 5.94. The third kappa shape index (κ3) is 3.95. The van der Waals surface area contributed by atoms with Crippen LogP contribution >= 0.6 is 0 Å². The highest BCUT2D eigenvalue weighted by Crippen LogP contribution is 2.53. The second kappa shape index (κ2) is 8.02. The Morgan fingerprint density at radius 1 is 1.20 bits per heavy atom. The van der Waals surface area contributed by atoms with Crippen molar-refractivity contribution in [3.8, 4) is 0 Å². The zero-order valence-electron chi connectivity index (χ0n) is 17.6. The summed E-state index contributed by atoms with van der Waals surface area (Å²) in [5, 5.41) is 7.44. The van der Waals surface area contributed by atoms with Gasteiger partial charge in [0.05, 0.1) is 6.54 Å². The smallest absolute Gasteiger partial charge is 0.261 e. The Bertz CT molecular complexity index is 923. The SMILES string of the molecule is CN(CCn1cccn1)Cc1ccc(C(=O)NC2C3CC4CC(C3)CC2C4)c(=O)[nH]1. The molecule has 7 heteroatoms. The third-order valence-electron chi connectivity index (χ3n) is 7.45. The number of aromatic amines is 1. The summed E-state index contributed by atoms with van der Waals surface area (Å²) in [6.45, 7) is 2.23. The van der Waals surface area contributed by atoms with Crippen molar-refractivity contribution < 1.29 is 4.79 Å². The molecule has 0 spiro atoms. The minimum absolute atomic E-state index is 0.215. The lowest BCUT2D eigenvalue weighted by atomic mass is 9.54. The number of H-pyrrole nitrogens is 1. The van der Waals surface area contributed by atoms with Crippen molar-refractivity contribution in [1.82, 2.24) is 25.0 Å². The number of carbonyl (C=O) groups excluding carboxylic acids is 1. The van der Waals surface area contributed by atoms with Crippen LogP contribution in [0.15, 0.2) is 35.4 Å². The van der Waals surface area contributed by atoms with Gasteiger partial charge >= 0.3 is 0 Å². The number of hydrogen-bond acceptors (Lipinski definition) is 4. The number of nitrogens with zero attached hydrogens (tertiary/aromatic N) is 3. The lowest BCUT2D eigenvalue weighted by Crippen LogP contribution is -2.56. The molecule has 30 heavy (non-hydrogen) atoms. The average Bonchev–Trinajstić information content (AvgIpc) is 3.22. The molecule has 4 aliphatic rings. The van der Waals surface area contributed by atoms with Gasteiger partial charge in [-0.2, -0.15) is 5.10 Å². The molecule has 2 aromatic heterocycles. The first kappa shape index (κ1) is 19.5. The monoisotopic (exact) mass is 409 g/mol. The van der Waals surface area contributed by atoms with Crippen LogP contribution in [0.2, 0.25) is 0 Å². The van der Waals surface area contributed by atoms with E-state index in [0.29, 0.717) is 18.4 Å². The van der Waals surface area contributed by atoms with Crippen LogP contribution in [0.3, 0.4) is 0 Å².